The van der Waals surface area contributed by atoms with Crippen molar-refractivity contribution in [3.63, 3.8) is 0 Å². The van der Waals surface area contributed by atoms with E-state index in [4.69, 9.17) is 0 Å². The largest absolute Gasteiger partial charge is 0.374 e. The molecule has 2 aromatic carbocycles. The molecule has 1 aliphatic heterocycles. The van der Waals surface area contributed by atoms with Gasteiger partial charge in [-0.25, -0.2) is 0 Å². The number of para-hydroxylation sites is 2. The Labute approximate surface area is 135 Å². The molecule has 3 rings (SSSR count). The van der Waals surface area contributed by atoms with Crippen LogP contribution < -0.4 is 15.5 Å². The third kappa shape index (κ3) is 3.34. The van der Waals surface area contributed by atoms with Gasteiger partial charge >= 0.3 is 0 Å². The summed E-state index contributed by atoms with van der Waals surface area (Å²) >= 11 is 0. The summed E-state index contributed by atoms with van der Waals surface area (Å²) in [5.74, 6) is -0.280. The highest BCUT2D eigenvalue weighted by Gasteiger charge is 2.25. The third-order valence-electron chi connectivity index (χ3n) is 3.90. The molecule has 0 saturated heterocycles. The Bertz CT molecular complexity index is 715. The summed E-state index contributed by atoms with van der Waals surface area (Å²) in [5.41, 5.74) is 2.65. The molecule has 2 aromatic rings. The number of nitrogens with one attached hydrogen (secondary N) is 2. The normalized spacial score (nSPS) is 14.7. The highest BCUT2D eigenvalue weighted by atomic mass is 16.2. The van der Waals surface area contributed by atoms with Gasteiger partial charge in [0, 0.05) is 0 Å². The quantitative estimate of drug-likeness (QED) is 0.911. The first-order valence-corrected chi connectivity index (χ1v) is 7.63. The lowest BCUT2D eigenvalue weighted by Gasteiger charge is -2.30. The lowest BCUT2D eigenvalue weighted by molar-refractivity contribution is -0.123. The number of carbonyl (C=O) groups excluding carboxylic acids is 2. The van der Waals surface area contributed by atoms with Crippen LogP contribution >= 0.6 is 0 Å². The van der Waals surface area contributed by atoms with Gasteiger partial charge in [-0.1, -0.05) is 42.5 Å². The van der Waals surface area contributed by atoms with Gasteiger partial charge in [-0.05, 0) is 24.6 Å². The first-order chi connectivity index (χ1) is 11.1. The van der Waals surface area contributed by atoms with Crippen molar-refractivity contribution >= 4 is 23.2 Å². The summed E-state index contributed by atoms with van der Waals surface area (Å²) in [6.07, 6.45) is 0. The molecule has 1 unspecified atom stereocenters. The van der Waals surface area contributed by atoms with Crippen molar-refractivity contribution in [3.05, 3.63) is 60.2 Å². The molecule has 0 radical (unpaired) electrons. The van der Waals surface area contributed by atoms with E-state index in [0.29, 0.717) is 0 Å². The molecule has 5 nitrogen and oxygen atoms in total. The molecule has 23 heavy (non-hydrogen) atoms. The van der Waals surface area contributed by atoms with Crippen molar-refractivity contribution in [1.29, 1.82) is 0 Å². The van der Waals surface area contributed by atoms with Gasteiger partial charge in [-0.2, -0.15) is 0 Å². The van der Waals surface area contributed by atoms with Gasteiger partial charge in [-0.3, -0.25) is 14.5 Å². The molecule has 0 saturated carbocycles. The maximum atomic E-state index is 12.3. The molecule has 5 heteroatoms. The summed E-state index contributed by atoms with van der Waals surface area (Å²) in [4.78, 5) is 26.0. The van der Waals surface area contributed by atoms with E-state index in [-0.39, 0.29) is 30.9 Å². The molecule has 2 N–H and O–H groups in total. The van der Waals surface area contributed by atoms with Crippen molar-refractivity contribution in [2.45, 2.75) is 13.0 Å². The second-order valence-corrected chi connectivity index (χ2v) is 5.55. The van der Waals surface area contributed by atoms with E-state index in [1.165, 1.54) is 4.90 Å². The maximum Gasteiger partial charge on any atom is 0.246 e. The Morgan fingerprint density at radius 1 is 1.17 bits per heavy atom. The highest BCUT2D eigenvalue weighted by Crippen LogP contribution is 2.28. The van der Waals surface area contributed by atoms with Crippen molar-refractivity contribution in [2.24, 2.45) is 0 Å². The van der Waals surface area contributed by atoms with Crippen molar-refractivity contribution in [3.8, 4) is 0 Å². The van der Waals surface area contributed by atoms with Crippen LogP contribution in [-0.2, 0) is 9.59 Å². The van der Waals surface area contributed by atoms with Gasteiger partial charge in [0.1, 0.15) is 6.54 Å². The minimum Gasteiger partial charge on any atom is -0.374 e. The molecular formula is C18H19N3O2. The number of carbonyl (C=O) groups is 2. The number of benzene rings is 2. The lowest BCUT2D eigenvalue weighted by Crippen LogP contribution is -2.46. The number of nitrogens with zero attached hydrogens (tertiary/aromatic N) is 1. The van der Waals surface area contributed by atoms with Crippen LogP contribution in [0.2, 0.25) is 0 Å². The number of hydrogen-bond donors (Lipinski definition) is 2. The molecule has 2 amide bonds. The zero-order valence-electron chi connectivity index (χ0n) is 13.0. The minimum atomic E-state index is -0.175. The van der Waals surface area contributed by atoms with E-state index < -0.39 is 0 Å². The average Bonchev–Trinajstić information content (AvgIpc) is 2.58. The topological polar surface area (TPSA) is 61.4 Å². The third-order valence-corrected chi connectivity index (χ3v) is 3.90. The Morgan fingerprint density at radius 2 is 1.87 bits per heavy atom. The second-order valence-electron chi connectivity index (χ2n) is 5.55. The van der Waals surface area contributed by atoms with E-state index >= 15 is 0 Å². The number of fused-ring (bicyclic) bond motifs is 1. The molecule has 1 aliphatic rings. The Kier molecular flexibility index (Phi) is 4.28. The van der Waals surface area contributed by atoms with Gasteiger partial charge in [0.25, 0.3) is 0 Å². The zero-order chi connectivity index (χ0) is 16.2. The van der Waals surface area contributed by atoms with Crippen LogP contribution in [0.4, 0.5) is 11.4 Å². The summed E-state index contributed by atoms with van der Waals surface area (Å²) in [6, 6.07) is 17.2. The fourth-order valence-electron chi connectivity index (χ4n) is 2.69. The van der Waals surface area contributed by atoms with Crippen LogP contribution in [0.5, 0.6) is 0 Å². The Morgan fingerprint density at radius 3 is 2.65 bits per heavy atom. The van der Waals surface area contributed by atoms with Gasteiger partial charge in [0.05, 0.1) is 24.0 Å². The molecule has 0 aliphatic carbocycles. The number of hydrogen-bond acceptors (Lipinski definition) is 3. The lowest BCUT2D eigenvalue weighted by atomic mass is 10.1. The Balaban J connectivity index is 1.69. The summed E-state index contributed by atoms with van der Waals surface area (Å²) in [5, 5.41) is 6.00. The second kappa shape index (κ2) is 6.52. The van der Waals surface area contributed by atoms with Crippen LogP contribution in [0.25, 0.3) is 0 Å². The van der Waals surface area contributed by atoms with Gasteiger partial charge in [0.2, 0.25) is 11.8 Å². The first-order valence-electron chi connectivity index (χ1n) is 7.63. The van der Waals surface area contributed by atoms with Crippen molar-refractivity contribution < 1.29 is 9.59 Å². The zero-order valence-corrected chi connectivity index (χ0v) is 13.0. The molecule has 118 valence electrons. The summed E-state index contributed by atoms with van der Waals surface area (Å²) in [6.45, 7) is 2.16. The van der Waals surface area contributed by atoms with E-state index in [1.807, 2.05) is 61.5 Å². The smallest absolute Gasteiger partial charge is 0.246 e. The van der Waals surface area contributed by atoms with Crippen LogP contribution in [0.15, 0.2) is 54.6 Å². The molecule has 0 aromatic heterocycles. The monoisotopic (exact) mass is 309 g/mol. The molecule has 1 atom stereocenters. The molecular weight excluding hydrogens is 290 g/mol. The minimum absolute atomic E-state index is 0.0225. The van der Waals surface area contributed by atoms with E-state index in [9.17, 15) is 9.59 Å². The standard InChI is InChI=1S/C18H19N3O2/c1-13(14-7-3-2-4-8-14)20-17(22)12-21-16-10-6-5-9-15(16)19-11-18(21)23/h2-10,13,19H,11-12H2,1H3,(H,20,22). The van der Waals surface area contributed by atoms with Crippen LogP contribution in [0, 0.1) is 0 Å². The number of amides is 2. The predicted molar refractivity (Wildman–Crippen MR) is 90.3 cm³/mol. The first kappa shape index (κ1) is 15.1. The van der Waals surface area contributed by atoms with Crippen molar-refractivity contribution in [1.82, 2.24) is 5.32 Å². The summed E-state index contributed by atoms with van der Waals surface area (Å²) < 4.78 is 0. The molecule has 1 heterocycles. The fraction of sp³-hybridized carbons (Fsp3) is 0.222. The highest BCUT2D eigenvalue weighted by molar-refractivity contribution is 6.05. The van der Waals surface area contributed by atoms with E-state index in [0.717, 1.165) is 16.9 Å². The summed E-state index contributed by atoms with van der Waals surface area (Å²) in [7, 11) is 0. The number of anilines is 2. The van der Waals surface area contributed by atoms with Crippen LogP contribution in [-0.4, -0.2) is 24.9 Å². The maximum absolute atomic E-state index is 12.3. The molecule has 0 fully saturated rings. The predicted octanol–water partition coefficient (Wildman–Crippen LogP) is 2.32. The van der Waals surface area contributed by atoms with Gasteiger partial charge in [-0.15, -0.1) is 0 Å². The van der Waals surface area contributed by atoms with Crippen molar-refractivity contribution in [2.75, 3.05) is 23.3 Å². The fourth-order valence-corrected chi connectivity index (χ4v) is 2.69. The van der Waals surface area contributed by atoms with E-state index in [2.05, 4.69) is 10.6 Å². The van der Waals surface area contributed by atoms with Crippen LogP contribution in [0.1, 0.15) is 18.5 Å². The van der Waals surface area contributed by atoms with Gasteiger partial charge in [0.15, 0.2) is 0 Å². The number of rotatable bonds is 4. The average molecular weight is 309 g/mol. The van der Waals surface area contributed by atoms with Crippen LogP contribution in [0.3, 0.4) is 0 Å². The molecule has 0 spiro atoms. The van der Waals surface area contributed by atoms with Gasteiger partial charge < -0.3 is 10.6 Å². The molecule has 0 bridgehead atoms. The SMILES string of the molecule is CC(NC(=O)CN1C(=O)CNc2ccccc21)c1ccccc1. The van der Waals surface area contributed by atoms with E-state index in [1.54, 1.807) is 0 Å². The Hall–Kier alpha value is -2.82.